The highest BCUT2D eigenvalue weighted by Crippen LogP contribution is 2.29. The van der Waals surface area contributed by atoms with Crippen LogP contribution in [0.25, 0.3) is 5.57 Å². The third kappa shape index (κ3) is 2.17. The molecule has 2 aromatic carbocycles. The van der Waals surface area contributed by atoms with Crippen LogP contribution >= 0.6 is 0 Å². The van der Waals surface area contributed by atoms with Crippen LogP contribution in [0, 0.1) is 0 Å². The molecule has 0 heterocycles. The Morgan fingerprint density at radius 3 is 2.56 bits per heavy atom. The van der Waals surface area contributed by atoms with E-state index in [1.165, 1.54) is 22.3 Å². The number of allylic oxidation sites excluding steroid dienone is 2. The lowest BCUT2D eigenvalue weighted by Crippen LogP contribution is -2.01. The molecule has 0 aliphatic heterocycles. The highest BCUT2D eigenvalue weighted by Gasteiger charge is 2.11. The van der Waals surface area contributed by atoms with Crippen molar-refractivity contribution in [2.24, 2.45) is 0 Å². The summed E-state index contributed by atoms with van der Waals surface area (Å²) in [5.41, 5.74) is 5.49. The fraction of sp³-hybridized carbons (Fsp3) is 0.176. The lowest BCUT2D eigenvalue weighted by Gasteiger charge is -2.17. The van der Waals surface area contributed by atoms with E-state index in [0.717, 1.165) is 19.3 Å². The van der Waals surface area contributed by atoms with Crippen molar-refractivity contribution in [2.45, 2.75) is 19.3 Å². The topological polar surface area (TPSA) is 20.2 Å². The Kier molecular flexibility index (Phi) is 2.89. The van der Waals surface area contributed by atoms with Crippen LogP contribution in [0.1, 0.15) is 23.1 Å². The van der Waals surface area contributed by atoms with Gasteiger partial charge in [0.1, 0.15) is 5.75 Å². The average Bonchev–Trinajstić information content (AvgIpc) is 2.42. The first-order valence-electron chi connectivity index (χ1n) is 6.38. The first-order chi connectivity index (χ1) is 8.83. The Labute approximate surface area is 107 Å². The molecule has 1 aliphatic carbocycles. The molecule has 0 radical (unpaired) electrons. The van der Waals surface area contributed by atoms with Crippen LogP contribution in [-0.4, -0.2) is 5.11 Å². The average molecular weight is 236 g/mol. The zero-order valence-electron chi connectivity index (χ0n) is 10.3. The SMILES string of the molecule is Oc1ccc(CC2=CCCc3ccccc32)cc1. The Morgan fingerprint density at radius 2 is 1.72 bits per heavy atom. The summed E-state index contributed by atoms with van der Waals surface area (Å²) >= 11 is 0. The number of hydrogen-bond acceptors (Lipinski definition) is 1. The number of aryl methyl sites for hydroxylation is 1. The van der Waals surface area contributed by atoms with E-state index in [9.17, 15) is 5.11 Å². The zero-order valence-corrected chi connectivity index (χ0v) is 10.3. The minimum atomic E-state index is 0.330. The molecule has 1 heteroatoms. The maximum Gasteiger partial charge on any atom is 0.115 e. The summed E-state index contributed by atoms with van der Waals surface area (Å²) in [6.07, 6.45) is 5.56. The van der Waals surface area contributed by atoms with Crippen LogP contribution in [0.3, 0.4) is 0 Å². The van der Waals surface area contributed by atoms with Crippen molar-refractivity contribution in [3.05, 3.63) is 71.3 Å². The van der Waals surface area contributed by atoms with Crippen molar-refractivity contribution >= 4 is 5.57 Å². The van der Waals surface area contributed by atoms with E-state index in [2.05, 4.69) is 30.3 Å². The Bertz CT molecular complexity index is 579. The summed E-state index contributed by atoms with van der Waals surface area (Å²) in [7, 11) is 0. The van der Waals surface area contributed by atoms with Crippen molar-refractivity contribution in [1.82, 2.24) is 0 Å². The standard InChI is InChI=1S/C17H16O/c18-16-10-8-13(9-11-16)12-15-6-3-5-14-4-1-2-7-17(14)15/h1-2,4,6-11,18H,3,5,12H2. The summed E-state index contributed by atoms with van der Waals surface area (Å²) in [5, 5.41) is 9.31. The molecule has 0 amide bonds. The van der Waals surface area contributed by atoms with Crippen LogP contribution < -0.4 is 0 Å². The molecular formula is C17H16O. The summed E-state index contributed by atoms with van der Waals surface area (Å²) < 4.78 is 0. The lowest BCUT2D eigenvalue weighted by molar-refractivity contribution is 0.475. The second-order valence-electron chi connectivity index (χ2n) is 4.77. The first kappa shape index (κ1) is 11.1. The molecule has 0 aromatic heterocycles. The van der Waals surface area contributed by atoms with Gasteiger partial charge < -0.3 is 5.11 Å². The quantitative estimate of drug-likeness (QED) is 0.836. The van der Waals surface area contributed by atoms with Crippen molar-refractivity contribution in [2.75, 3.05) is 0 Å². The van der Waals surface area contributed by atoms with Crippen LogP contribution in [0.5, 0.6) is 5.75 Å². The number of phenolic OH excluding ortho intramolecular Hbond substituents is 1. The molecule has 0 fully saturated rings. The fourth-order valence-corrected chi connectivity index (χ4v) is 2.56. The normalized spacial score (nSPS) is 13.9. The Balaban J connectivity index is 1.89. The van der Waals surface area contributed by atoms with E-state index in [0.29, 0.717) is 5.75 Å². The largest absolute Gasteiger partial charge is 0.508 e. The summed E-state index contributed by atoms with van der Waals surface area (Å²) in [6, 6.07) is 16.1. The van der Waals surface area contributed by atoms with Gasteiger partial charge in [-0.25, -0.2) is 0 Å². The van der Waals surface area contributed by atoms with Gasteiger partial charge in [-0.05, 0) is 53.7 Å². The van der Waals surface area contributed by atoms with Crippen LogP contribution in [0.4, 0.5) is 0 Å². The van der Waals surface area contributed by atoms with Gasteiger partial charge in [0.25, 0.3) is 0 Å². The molecule has 1 aliphatic rings. The molecule has 0 saturated heterocycles. The van der Waals surface area contributed by atoms with E-state index in [1.54, 1.807) is 12.1 Å². The van der Waals surface area contributed by atoms with E-state index < -0.39 is 0 Å². The molecular weight excluding hydrogens is 220 g/mol. The maximum atomic E-state index is 9.31. The first-order valence-corrected chi connectivity index (χ1v) is 6.38. The molecule has 0 spiro atoms. The number of fused-ring (bicyclic) bond motifs is 1. The second kappa shape index (κ2) is 4.69. The van der Waals surface area contributed by atoms with E-state index in [1.807, 2.05) is 12.1 Å². The van der Waals surface area contributed by atoms with E-state index in [4.69, 9.17) is 0 Å². The van der Waals surface area contributed by atoms with Crippen molar-refractivity contribution < 1.29 is 5.11 Å². The summed E-state index contributed by atoms with van der Waals surface area (Å²) in [4.78, 5) is 0. The highest BCUT2D eigenvalue weighted by molar-refractivity contribution is 5.71. The molecule has 3 rings (SSSR count). The van der Waals surface area contributed by atoms with Gasteiger partial charge in [0.05, 0.1) is 0 Å². The number of rotatable bonds is 2. The van der Waals surface area contributed by atoms with Crippen molar-refractivity contribution in [1.29, 1.82) is 0 Å². The van der Waals surface area contributed by atoms with E-state index >= 15 is 0 Å². The Hall–Kier alpha value is -2.02. The molecule has 0 bridgehead atoms. The molecule has 0 atom stereocenters. The van der Waals surface area contributed by atoms with Gasteiger partial charge in [0.2, 0.25) is 0 Å². The Morgan fingerprint density at radius 1 is 0.944 bits per heavy atom. The number of aromatic hydroxyl groups is 1. The number of benzene rings is 2. The highest BCUT2D eigenvalue weighted by atomic mass is 16.3. The molecule has 0 saturated carbocycles. The minimum Gasteiger partial charge on any atom is -0.508 e. The monoisotopic (exact) mass is 236 g/mol. The van der Waals surface area contributed by atoms with Crippen LogP contribution in [0.15, 0.2) is 54.6 Å². The predicted molar refractivity (Wildman–Crippen MR) is 74.6 cm³/mol. The number of phenols is 1. The number of hydrogen-bond donors (Lipinski definition) is 1. The third-order valence-electron chi connectivity index (χ3n) is 3.50. The molecule has 0 unspecified atom stereocenters. The fourth-order valence-electron chi connectivity index (χ4n) is 2.56. The smallest absolute Gasteiger partial charge is 0.115 e. The van der Waals surface area contributed by atoms with Gasteiger partial charge in [-0.3, -0.25) is 0 Å². The maximum absolute atomic E-state index is 9.31. The zero-order chi connectivity index (χ0) is 12.4. The van der Waals surface area contributed by atoms with Crippen molar-refractivity contribution in [3.8, 4) is 5.75 Å². The van der Waals surface area contributed by atoms with Gasteiger partial charge >= 0.3 is 0 Å². The van der Waals surface area contributed by atoms with Gasteiger partial charge in [0, 0.05) is 0 Å². The second-order valence-corrected chi connectivity index (χ2v) is 4.77. The summed E-state index contributed by atoms with van der Waals surface area (Å²) in [5.74, 6) is 0.330. The molecule has 90 valence electrons. The van der Waals surface area contributed by atoms with Crippen molar-refractivity contribution in [3.63, 3.8) is 0 Å². The van der Waals surface area contributed by atoms with Gasteiger partial charge in [0.15, 0.2) is 0 Å². The van der Waals surface area contributed by atoms with Crippen LogP contribution in [0.2, 0.25) is 0 Å². The third-order valence-corrected chi connectivity index (χ3v) is 3.50. The van der Waals surface area contributed by atoms with Gasteiger partial charge in [-0.15, -0.1) is 0 Å². The predicted octanol–water partition coefficient (Wildman–Crippen LogP) is 3.96. The van der Waals surface area contributed by atoms with Gasteiger partial charge in [-0.1, -0.05) is 42.5 Å². The molecule has 1 nitrogen and oxygen atoms in total. The van der Waals surface area contributed by atoms with Crippen LogP contribution in [-0.2, 0) is 12.8 Å². The minimum absolute atomic E-state index is 0.330. The lowest BCUT2D eigenvalue weighted by atomic mass is 9.87. The summed E-state index contributed by atoms with van der Waals surface area (Å²) in [6.45, 7) is 0. The van der Waals surface area contributed by atoms with Gasteiger partial charge in [-0.2, -0.15) is 0 Å². The molecule has 2 aromatic rings. The molecule has 1 N–H and O–H groups in total. The molecule has 18 heavy (non-hydrogen) atoms. The van der Waals surface area contributed by atoms with E-state index in [-0.39, 0.29) is 0 Å².